The summed E-state index contributed by atoms with van der Waals surface area (Å²) in [7, 11) is 0. The van der Waals surface area contributed by atoms with Crippen LogP contribution < -0.4 is 20.1 Å². The van der Waals surface area contributed by atoms with E-state index in [4.69, 9.17) is 9.47 Å². The molecule has 0 aliphatic carbocycles. The highest BCUT2D eigenvalue weighted by atomic mass is 16.6. The monoisotopic (exact) mass is 338 g/mol. The Bertz CT molecular complexity index is 834. The standard InChI is InChI=1S/C19H18N2O4/c22-18-7-3-4-12-10-13(8-9-14(12)21-18)20-19(23)17-11-24-15-5-1-2-6-16(15)25-17/h1-2,5-6,8-10,17H,3-4,7,11H2,(H,20,23)(H,21,22). The van der Waals surface area contributed by atoms with E-state index in [0.717, 1.165) is 24.1 Å². The van der Waals surface area contributed by atoms with Crippen molar-refractivity contribution >= 4 is 23.2 Å². The molecule has 0 saturated heterocycles. The van der Waals surface area contributed by atoms with Crippen LogP contribution >= 0.6 is 0 Å². The van der Waals surface area contributed by atoms with Crippen molar-refractivity contribution in [3.8, 4) is 11.5 Å². The zero-order chi connectivity index (χ0) is 17.2. The Morgan fingerprint density at radius 3 is 2.84 bits per heavy atom. The molecule has 2 heterocycles. The molecule has 2 N–H and O–H groups in total. The molecule has 128 valence electrons. The van der Waals surface area contributed by atoms with Crippen LogP contribution in [-0.2, 0) is 16.0 Å². The van der Waals surface area contributed by atoms with E-state index in [1.54, 1.807) is 12.1 Å². The van der Waals surface area contributed by atoms with Crippen molar-refractivity contribution < 1.29 is 19.1 Å². The van der Waals surface area contributed by atoms with Gasteiger partial charge < -0.3 is 20.1 Å². The summed E-state index contributed by atoms with van der Waals surface area (Å²) >= 11 is 0. The highest BCUT2D eigenvalue weighted by molar-refractivity contribution is 5.96. The SMILES string of the molecule is O=C1CCCc2cc(NC(=O)C3COc4ccccc4O3)ccc2N1. The molecule has 0 saturated carbocycles. The summed E-state index contributed by atoms with van der Waals surface area (Å²) in [5.74, 6) is 0.986. The summed E-state index contributed by atoms with van der Waals surface area (Å²) in [4.78, 5) is 24.1. The van der Waals surface area contributed by atoms with Crippen molar-refractivity contribution in [1.82, 2.24) is 0 Å². The topological polar surface area (TPSA) is 76.7 Å². The van der Waals surface area contributed by atoms with E-state index >= 15 is 0 Å². The largest absolute Gasteiger partial charge is 0.485 e. The number of anilines is 2. The fourth-order valence-corrected chi connectivity index (χ4v) is 3.02. The highest BCUT2D eigenvalue weighted by Gasteiger charge is 2.27. The van der Waals surface area contributed by atoms with Gasteiger partial charge in [-0.25, -0.2) is 0 Å². The molecule has 0 fully saturated rings. The molecular formula is C19H18N2O4. The van der Waals surface area contributed by atoms with Gasteiger partial charge in [-0.15, -0.1) is 0 Å². The van der Waals surface area contributed by atoms with E-state index in [9.17, 15) is 9.59 Å². The van der Waals surface area contributed by atoms with Crippen LogP contribution in [0.25, 0.3) is 0 Å². The van der Waals surface area contributed by atoms with Gasteiger partial charge in [0.15, 0.2) is 11.5 Å². The van der Waals surface area contributed by atoms with E-state index in [1.807, 2.05) is 30.3 Å². The zero-order valence-electron chi connectivity index (χ0n) is 13.6. The number of carbonyl (C=O) groups is 2. The van der Waals surface area contributed by atoms with Gasteiger partial charge >= 0.3 is 0 Å². The third-order valence-electron chi connectivity index (χ3n) is 4.30. The van der Waals surface area contributed by atoms with Gasteiger partial charge in [0.05, 0.1) is 0 Å². The number of rotatable bonds is 2. The maximum atomic E-state index is 12.5. The van der Waals surface area contributed by atoms with Gasteiger partial charge in [-0.05, 0) is 48.7 Å². The van der Waals surface area contributed by atoms with E-state index in [2.05, 4.69) is 10.6 Å². The van der Waals surface area contributed by atoms with Gasteiger partial charge in [-0.3, -0.25) is 9.59 Å². The molecule has 2 aliphatic heterocycles. The zero-order valence-corrected chi connectivity index (χ0v) is 13.6. The molecule has 1 unspecified atom stereocenters. The molecule has 0 radical (unpaired) electrons. The van der Waals surface area contributed by atoms with Crippen molar-refractivity contribution in [2.45, 2.75) is 25.4 Å². The Hall–Kier alpha value is -3.02. The quantitative estimate of drug-likeness (QED) is 0.883. The molecule has 25 heavy (non-hydrogen) atoms. The molecule has 2 aliphatic rings. The Morgan fingerprint density at radius 2 is 1.96 bits per heavy atom. The Kier molecular flexibility index (Phi) is 4.01. The first-order chi connectivity index (χ1) is 12.2. The number of para-hydroxylation sites is 2. The summed E-state index contributed by atoms with van der Waals surface area (Å²) in [6.45, 7) is 0.170. The number of hydrogen-bond acceptors (Lipinski definition) is 4. The maximum absolute atomic E-state index is 12.5. The first-order valence-corrected chi connectivity index (χ1v) is 8.31. The van der Waals surface area contributed by atoms with Crippen LogP contribution in [0.2, 0.25) is 0 Å². The first kappa shape index (κ1) is 15.5. The summed E-state index contributed by atoms with van der Waals surface area (Å²) in [5, 5.41) is 5.75. The summed E-state index contributed by atoms with van der Waals surface area (Å²) in [5.41, 5.74) is 2.52. The lowest BCUT2D eigenvalue weighted by Gasteiger charge is -2.25. The van der Waals surface area contributed by atoms with E-state index in [-0.39, 0.29) is 18.4 Å². The molecule has 0 spiro atoms. The van der Waals surface area contributed by atoms with Crippen LogP contribution in [0.5, 0.6) is 11.5 Å². The smallest absolute Gasteiger partial charge is 0.269 e. The van der Waals surface area contributed by atoms with Crippen LogP contribution in [0.3, 0.4) is 0 Å². The molecule has 6 nitrogen and oxygen atoms in total. The Labute approximate surface area is 145 Å². The molecule has 2 amide bonds. The highest BCUT2D eigenvalue weighted by Crippen LogP contribution is 2.31. The summed E-state index contributed by atoms with van der Waals surface area (Å²) in [6.07, 6.45) is 1.41. The lowest BCUT2D eigenvalue weighted by Crippen LogP contribution is -2.40. The third-order valence-corrected chi connectivity index (χ3v) is 4.30. The van der Waals surface area contributed by atoms with Gasteiger partial charge in [-0.1, -0.05) is 12.1 Å². The van der Waals surface area contributed by atoms with Crippen molar-refractivity contribution in [3.63, 3.8) is 0 Å². The van der Waals surface area contributed by atoms with E-state index < -0.39 is 6.10 Å². The number of nitrogens with one attached hydrogen (secondary N) is 2. The number of benzene rings is 2. The Balaban J connectivity index is 1.47. The van der Waals surface area contributed by atoms with E-state index in [1.165, 1.54) is 0 Å². The molecule has 2 aromatic carbocycles. The minimum atomic E-state index is -0.701. The van der Waals surface area contributed by atoms with Gasteiger partial charge in [0.2, 0.25) is 12.0 Å². The number of ether oxygens (including phenoxy) is 2. The number of amides is 2. The van der Waals surface area contributed by atoms with Crippen molar-refractivity contribution in [2.24, 2.45) is 0 Å². The first-order valence-electron chi connectivity index (χ1n) is 8.31. The molecule has 4 rings (SSSR count). The van der Waals surface area contributed by atoms with Gasteiger partial charge in [0.25, 0.3) is 5.91 Å². The fraction of sp³-hybridized carbons (Fsp3) is 0.263. The second kappa shape index (κ2) is 6.47. The van der Waals surface area contributed by atoms with Crippen LogP contribution in [-0.4, -0.2) is 24.5 Å². The number of carbonyl (C=O) groups excluding carboxylic acids is 2. The predicted octanol–water partition coefficient (Wildman–Crippen LogP) is 2.74. The van der Waals surface area contributed by atoms with Crippen LogP contribution in [0.15, 0.2) is 42.5 Å². The predicted molar refractivity (Wildman–Crippen MR) is 93.0 cm³/mol. The number of aryl methyl sites for hydroxylation is 1. The lowest BCUT2D eigenvalue weighted by atomic mass is 10.1. The molecular weight excluding hydrogens is 320 g/mol. The summed E-state index contributed by atoms with van der Waals surface area (Å²) in [6, 6.07) is 12.8. The number of fused-ring (bicyclic) bond motifs is 2. The second-order valence-corrected chi connectivity index (χ2v) is 6.13. The molecule has 2 aromatic rings. The van der Waals surface area contributed by atoms with Crippen LogP contribution in [0, 0.1) is 0 Å². The van der Waals surface area contributed by atoms with Crippen LogP contribution in [0.1, 0.15) is 18.4 Å². The third kappa shape index (κ3) is 3.28. The van der Waals surface area contributed by atoms with Gasteiger partial charge in [0.1, 0.15) is 6.61 Å². The van der Waals surface area contributed by atoms with Gasteiger partial charge in [-0.2, -0.15) is 0 Å². The van der Waals surface area contributed by atoms with Crippen LogP contribution in [0.4, 0.5) is 11.4 Å². The molecule has 6 heteroatoms. The second-order valence-electron chi connectivity index (χ2n) is 6.13. The van der Waals surface area contributed by atoms with Crippen molar-refractivity contribution in [2.75, 3.05) is 17.2 Å². The maximum Gasteiger partial charge on any atom is 0.269 e. The normalized spacial score (nSPS) is 18.6. The molecule has 1 atom stereocenters. The van der Waals surface area contributed by atoms with E-state index in [0.29, 0.717) is 23.6 Å². The lowest BCUT2D eigenvalue weighted by molar-refractivity contribution is -0.125. The average Bonchev–Trinajstić information content (AvgIpc) is 2.81. The average molecular weight is 338 g/mol. The minimum Gasteiger partial charge on any atom is -0.485 e. The Morgan fingerprint density at radius 1 is 1.12 bits per heavy atom. The minimum absolute atomic E-state index is 0.0296. The van der Waals surface area contributed by atoms with Crippen molar-refractivity contribution in [1.29, 1.82) is 0 Å². The van der Waals surface area contributed by atoms with Gasteiger partial charge in [0, 0.05) is 17.8 Å². The van der Waals surface area contributed by atoms with Crippen molar-refractivity contribution in [3.05, 3.63) is 48.0 Å². The molecule has 0 aromatic heterocycles. The fourth-order valence-electron chi connectivity index (χ4n) is 3.02. The number of hydrogen-bond donors (Lipinski definition) is 2. The molecule has 0 bridgehead atoms. The summed E-state index contributed by atoms with van der Waals surface area (Å²) < 4.78 is 11.3.